The standard InChI is InChI=1S/C18H20N2/c1-18(2,3)17(19)13-8-9-16-14(11-13)10-12-6-4-5-7-15(12)20-16/h4-11,17H,19H2,1-3H3. The Morgan fingerprint density at radius 2 is 1.60 bits per heavy atom. The summed E-state index contributed by atoms with van der Waals surface area (Å²) in [5.74, 6) is 0. The Kier molecular flexibility index (Phi) is 2.98. The molecule has 1 unspecified atom stereocenters. The molecule has 2 nitrogen and oxygen atoms in total. The van der Waals surface area contributed by atoms with Crippen LogP contribution in [0.15, 0.2) is 48.5 Å². The molecule has 0 spiro atoms. The Balaban J connectivity index is 2.18. The molecule has 3 aromatic rings. The molecule has 0 bridgehead atoms. The summed E-state index contributed by atoms with van der Waals surface area (Å²) in [5.41, 5.74) is 9.63. The minimum Gasteiger partial charge on any atom is -0.324 e. The molecule has 2 aromatic carbocycles. The average Bonchev–Trinajstić information content (AvgIpc) is 2.42. The molecule has 1 aromatic heterocycles. The van der Waals surface area contributed by atoms with Gasteiger partial charge in [-0.1, -0.05) is 45.0 Å². The molecule has 1 heterocycles. The lowest BCUT2D eigenvalue weighted by Crippen LogP contribution is -2.26. The van der Waals surface area contributed by atoms with E-state index in [9.17, 15) is 0 Å². The topological polar surface area (TPSA) is 38.9 Å². The summed E-state index contributed by atoms with van der Waals surface area (Å²) in [7, 11) is 0. The Morgan fingerprint density at radius 1 is 0.900 bits per heavy atom. The van der Waals surface area contributed by atoms with Gasteiger partial charge in [0.25, 0.3) is 0 Å². The van der Waals surface area contributed by atoms with Crippen LogP contribution in [0, 0.1) is 5.41 Å². The monoisotopic (exact) mass is 264 g/mol. The van der Waals surface area contributed by atoms with Crippen LogP contribution in [0.25, 0.3) is 21.8 Å². The van der Waals surface area contributed by atoms with Gasteiger partial charge in [-0.25, -0.2) is 4.98 Å². The van der Waals surface area contributed by atoms with Crippen LogP contribution < -0.4 is 5.73 Å². The van der Waals surface area contributed by atoms with Crippen LogP contribution in [-0.2, 0) is 0 Å². The van der Waals surface area contributed by atoms with E-state index < -0.39 is 0 Å². The normalized spacial score (nSPS) is 13.8. The van der Waals surface area contributed by atoms with Crippen LogP contribution in [0.4, 0.5) is 0 Å². The zero-order valence-corrected chi connectivity index (χ0v) is 12.2. The number of hydrogen-bond acceptors (Lipinski definition) is 2. The van der Waals surface area contributed by atoms with Crippen molar-refractivity contribution >= 4 is 21.8 Å². The summed E-state index contributed by atoms with van der Waals surface area (Å²) in [5, 5.41) is 2.32. The third-order valence-electron chi connectivity index (χ3n) is 3.83. The second-order valence-corrected chi connectivity index (χ2v) is 6.48. The van der Waals surface area contributed by atoms with Crippen molar-refractivity contribution in [1.29, 1.82) is 0 Å². The van der Waals surface area contributed by atoms with Crippen LogP contribution in [0.1, 0.15) is 32.4 Å². The molecule has 0 radical (unpaired) electrons. The number of pyridine rings is 1. The SMILES string of the molecule is CC(C)(C)C(N)c1ccc2nc3ccccc3cc2c1. The van der Waals surface area contributed by atoms with Crippen molar-refractivity contribution in [3.8, 4) is 0 Å². The Labute approximate surface area is 119 Å². The lowest BCUT2D eigenvalue weighted by atomic mass is 9.83. The molecular formula is C18H20N2. The second kappa shape index (κ2) is 4.57. The molecule has 0 fully saturated rings. The molecular weight excluding hydrogens is 244 g/mol. The van der Waals surface area contributed by atoms with Crippen LogP contribution in [0.5, 0.6) is 0 Å². The molecule has 20 heavy (non-hydrogen) atoms. The first kappa shape index (κ1) is 13.1. The third-order valence-corrected chi connectivity index (χ3v) is 3.83. The first-order valence-electron chi connectivity index (χ1n) is 7.00. The van der Waals surface area contributed by atoms with Gasteiger partial charge in [-0.05, 0) is 35.2 Å². The highest BCUT2D eigenvalue weighted by molar-refractivity contribution is 5.92. The first-order chi connectivity index (χ1) is 9.45. The van der Waals surface area contributed by atoms with Crippen molar-refractivity contribution in [2.24, 2.45) is 11.1 Å². The molecule has 2 heteroatoms. The highest BCUT2D eigenvalue weighted by Crippen LogP contribution is 2.32. The van der Waals surface area contributed by atoms with Crippen molar-refractivity contribution < 1.29 is 0 Å². The number of benzene rings is 2. The lowest BCUT2D eigenvalue weighted by Gasteiger charge is -2.27. The summed E-state index contributed by atoms with van der Waals surface area (Å²) in [4.78, 5) is 4.70. The number of nitrogens with zero attached hydrogens (tertiary/aromatic N) is 1. The summed E-state index contributed by atoms with van der Waals surface area (Å²) in [6.45, 7) is 6.50. The van der Waals surface area contributed by atoms with Crippen molar-refractivity contribution in [2.45, 2.75) is 26.8 Å². The number of fused-ring (bicyclic) bond motifs is 2. The van der Waals surface area contributed by atoms with Gasteiger partial charge in [0.2, 0.25) is 0 Å². The fraction of sp³-hybridized carbons (Fsp3) is 0.278. The Bertz CT molecular complexity index is 769. The predicted molar refractivity (Wildman–Crippen MR) is 85.6 cm³/mol. The second-order valence-electron chi connectivity index (χ2n) is 6.48. The quantitative estimate of drug-likeness (QED) is 0.660. The van der Waals surface area contributed by atoms with Gasteiger partial charge in [0.05, 0.1) is 11.0 Å². The maximum Gasteiger partial charge on any atom is 0.0709 e. The van der Waals surface area contributed by atoms with E-state index in [1.54, 1.807) is 0 Å². The maximum absolute atomic E-state index is 6.36. The minimum absolute atomic E-state index is 0.0263. The van der Waals surface area contributed by atoms with Gasteiger partial charge >= 0.3 is 0 Å². The average molecular weight is 264 g/mol. The van der Waals surface area contributed by atoms with E-state index in [0.717, 1.165) is 16.4 Å². The molecule has 0 aliphatic rings. The number of nitrogens with two attached hydrogens (primary N) is 1. The van der Waals surface area contributed by atoms with Gasteiger partial charge < -0.3 is 5.73 Å². The first-order valence-corrected chi connectivity index (χ1v) is 7.00. The third kappa shape index (κ3) is 2.27. The number of rotatable bonds is 1. The minimum atomic E-state index is 0.0263. The number of para-hydroxylation sites is 1. The summed E-state index contributed by atoms with van der Waals surface area (Å²) in [6, 6.07) is 16.8. The number of hydrogen-bond donors (Lipinski definition) is 1. The molecule has 0 aliphatic heterocycles. The van der Waals surface area contributed by atoms with E-state index in [1.165, 1.54) is 10.9 Å². The van der Waals surface area contributed by atoms with Gasteiger partial charge in [0.1, 0.15) is 0 Å². The van der Waals surface area contributed by atoms with E-state index in [1.807, 2.05) is 18.2 Å². The smallest absolute Gasteiger partial charge is 0.0709 e. The van der Waals surface area contributed by atoms with Crippen molar-refractivity contribution in [1.82, 2.24) is 4.98 Å². The van der Waals surface area contributed by atoms with Gasteiger partial charge in [-0.15, -0.1) is 0 Å². The van der Waals surface area contributed by atoms with E-state index in [4.69, 9.17) is 10.7 Å². The lowest BCUT2D eigenvalue weighted by molar-refractivity contribution is 0.327. The summed E-state index contributed by atoms with van der Waals surface area (Å²) >= 11 is 0. The Hall–Kier alpha value is -1.93. The molecule has 2 N–H and O–H groups in total. The van der Waals surface area contributed by atoms with Gasteiger partial charge in [0.15, 0.2) is 0 Å². The van der Waals surface area contributed by atoms with Crippen LogP contribution in [-0.4, -0.2) is 4.98 Å². The van der Waals surface area contributed by atoms with Gasteiger partial charge in [-0.2, -0.15) is 0 Å². The van der Waals surface area contributed by atoms with E-state index in [0.29, 0.717) is 0 Å². The fourth-order valence-electron chi connectivity index (χ4n) is 2.49. The van der Waals surface area contributed by atoms with E-state index in [-0.39, 0.29) is 11.5 Å². The van der Waals surface area contributed by atoms with Crippen molar-refractivity contribution in [2.75, 3.05) is 0 Å². The van der Waals surface area contributed by atoms with Crippen molar-refractivity contribution in [3.63, 3.8) is 0 Å². The summed E-state index contributed by atoms with van der Waals surface area (Å²) < 4.78 is 0. The van der Waals surface area contributed by atoms with Gasteiger partial charge in [0, 0.05) is 16.8 Å². The van der Waals surface area contributed by atoms with Crippen LogP contribution in [0.3, 0.4) is 0 Å². The molecule has 0 amide bonds. The van der Waals surface area contributed by atoms with Crippen LogP contribution in [0.2, 0.25) is 0 Å². The van der Waals surface area contributed by atoms with Gasteiger partial charge in [-0.3, -0.25) is 0 Å². The van der Waals surface area contributed by atoms with Crippen LogP contribution >= 0.6 is 0 Å². The molecule has 0 aliphatic carbocycles. The molecule has 0 saturated heterocycles. The number of aromatic nitrogens is 1. The predicted octanol–water partition coefficient (Wildman–Crippen LogP) is 4.43. The largest absolute Gasteiger partial charge is 0.324 e. The highest BCUT2D eigenvalue weighted by atomic mass is 14.7. The van der Waals surface area contributed by atoms with Crippen molar-refractivity contribution in [3.05, 3.63) is 54.1 Å². The molecule has 1 atom stereocenters. The highest BCUT2D eigenvalue weighted by Gasteiger charge is 2.22. The molecule has 102 valence electrons. The Morgan fingerprint density at radius 3 is 2.35 bits per heavy atom. The zero-order valence-electron chi connectivity index (χ0n) is 12.2. The maximum atomic E-state index is 6.36. The molecule has 0 saturated carbocycles. The summed E-state index contributed by atoms with van der Waals surface area (Å²) in [6.07, 6.45) is 0. The van der Waals surface area contributed by atoms with E-state index in [2.05, 4.69) is 51.1 Å². The van der Waals surface area contributed by atoms with E-state index >= 15 is 0 Å². The fourth-order valence-corrected chi connectivity index (χ4v) is 2.49. The molecule has 3 rings (SSSR count). The zero-order chi connectivity index (χ0) is 14.3.